The van der Waals surface area contributed by atoms with Crippen molar-refractivity contribution >= 4 is 0 Å². The second-order valence-corrected chi connectivity index (χ2v) is 4.58. The molecule has 2 rings (SSSR count). The molecule has 0 unspecified atom stereocenters. The fraction of sp³-hybridized carbons (Fsp3) is 0.538. The van der Waals surface area contributed by atoms with Gasteiger partial charge in [0.1, 0.15) is 0 Å². The van der Waals surface area contributed by atoms with E-state index in [0.717, 1.165) is 38.0 Å². The van der Waals surface area contributed by atoms with Gasteiger partial charge in [-0.05, 0) is 32.0 Å². The van der Waals surface area contributed by atoms with Crippen LogP contribution in [0.5, 0.6) is 11.5 Å². The summed E-state index contributed by atoms with van der Waals surface area (Å²) in [6, 6.07) is 5.95. The first-order valence-electron chi connectivity index (χ1n) is 6.03. The van der Waals surface area contributed by atoms with Gasteiger partial charge in [0.2, 0.25) is 0 Å². The minimum absolute atomic E-state index is 0.255. The van der Waals surface area contributed by atoms with Crippen molar-refractivity contribution in [1.29, 1.82) is 0 Å². The molecule has 4 heteroatoms. The van der Waals surface area contributed by atoms with Crippen molar-refractivity contribution in [2.45, 2.75) is 25.4 Å². The molecule has 1 aromatic carbocycles. The van der Waals surface area contributed by atoms with Crippen LogP contribution in [0, 0.1) is 0 Å². The summed E-state index contributed by atoms with van der Waals surface area (Å²) in [4.78, 5) is 2.32. The second kappa shape index (κ2) is 5.38. The van der Waals surface area contributed by atoms with E-state index in [2.05, 4.69) is 4.90 Å². The van der Waals surface area contributed by atoms with Crippen LogP contribution in [-0.2, 0) is 6.54 Å². The van der Waals surface area contributed by atoms with Gasteiger partial charge in [-0.1, -0.05) is 12.1 Å². The molecule has 0 amide bonds. The van der Waals surface area contributed by atoms with Gasteiger partial charge in [0.25, 0.3) is 0 Å². The maximum Gasteiger partial charge on any atom is 0.162 e. The summed E-state index contributed by atoms with van der Waals surface area (Å²) in [5.74, 6) is 0.793. The Morgan fingerprint density at radius 3 is 2.76 bits per heavy atom. The number of phenols is 1. The van der Waals surface area contributed by atoms with E-state index in [-0.39, 0.29) is 5.75 Å². The summed E-state index contributed by atoms with van der Waals surface area (Å²) in [6.07, 6.45) is 2.06. The van der Waals surface area contributed by atoms with E-state index in [1.165, 1.54) is 0 Å². The van der Waals surface area contributed by atoms with Crippen molar-refractivity contribution in [3.05, 3.63) is 23.8 Å². The number of nitrogens with two attached hydrogens (primary N) is 1. The zero-order chi connectivity index (χ0) is 12.3. The van der Waals surface area contributed by atoms with Crippen molar-refractivity contribution in [3.63, 3.8) is 0 Å². The fourth-order valence-corrected chi connectivity index (χ4v) is 2.21. The van der Waals surface area contributed by atoms with Crippen LogP contribution in [0.4, 0.5) is 0 Å². The molecule has 1 saturated heterocycles. The molecule has 1 aliphatic rings. The zero-order valence-corrected chi connectivity index (χ0v) is 10.2. The number of rotatable bonds is 3. The van der Waals surface area contributed by atoms with E-state index in [9.17, 15) is 5.11 Å². The van der Waals surface area contributed by atoms with Crippen molar-refractivity contribution in [2.24, 2.45) is 5.73 Å². The van der Waals surface area contributed by atoms with Crippen LogP contribution >= 0.6 is 0 Å². The molecule has 0 aromatic heterocycles. The predicted molar refractivity (Wildman–Crippen MR) is 67.1 cm³/mol. The van der Waals surface area contributed by atoms with E-state index >= 15 is 0 Å². The van der Waals surface area contributed by atoms with Gasteiger partial charge in [-0.3, -0.25) is 4.90 Å². The van der Waals surface area contributed by atoms with Crippen LogP contribution in [0.3, 0.4) is 0 Å². The van der Waals surface area contributed by atoms with Crippen LogP contribution in [0.25, 0.3) is 0 Å². The fourth-order valence-electron chi connectivity index (χ4n) is 2.21. The molecule has 0 bridgehead atoms. The monoisotopic (exact) mass is 236 g/mol. The molecule has 1 aliphatic heterocycles. The summed E-state index contributed by atoms with van der Waals surface area (Å²) in [7, 11) is 1.57. The Morgan fingerprint density at radius 1 is 1.41 bits per heavy atom. The van der Waals surface area contributed by atoms with E-state index in [1.807, 2.05) is 12.1 Å². The number of aromatic hydroxyl groups is 1. The zero-order valence-electron chi connectivity index (χ0n) is 10.2. The molecule has 1 heterocycles. The lowest BCUT2D eigenvalue weighted by atomic mass is 10.0. The third kappa shape index (κ3) is 2.90. The summed E-state index contributed by atoms with van der Waals surface area (Å²) in [5, 5.41) is 10.00. The van der Waals surface area contributed by atoms with Crippen LogP contribution in [-0.4, -0.2) is 36.2 Å². The number of methoxy groups -OCH3 is 1. The molecule has 0 atom stereocenters. The molecule has 4 nitrogen and oxygen atoms in total. The number of para-hydroxylation sites is 1. The Morgan fingerprint density at radius 2 is 2.12 bits per heavy atom. The van der Waals surface area contributed by atoms with Gasteiger partial charge in [0.15, 0.2) is 11.5 Å². The highest BCUT2D eigenvalue weighted by molar-refractivity contribution is 5.45. The van der Waals surface area contributed by atoms with Crippen molar-refractivity contribution in [1.82, 2.24) is 4.90 Å². The lowest BCUT2D eigenvalue weighted by molar-refractivity contribution is 0.203. The summed E-state index contributed by atoms with van der Waals surface area (Å²) < 4.78 is 5.10. The van der Waals surface area contributed by atoms with Gasteiger partial charge in [0, 0.05) is 18.2 Å². The second-order valence-electron chi connectivity index (χ2n) is 4.58. The summed E-state index contributed by atoms with van der Waals surface area (Å²) in [5.41, 5.74) is 6.79. The Bertz CT molecular complexity index is 374. The average Bonchev–Trinajstić information content (AvgIpc) is 2.35. The average molecular weight is 236 g/mol. The van der Waals surface area contributed by atoms with E-state index in [1.54, 1.807) is 13.2 Å². The number of hydrogen-bond acceptors (Lipinski definition) is 4. The van der Waals surface area contributed by atoms with Gasteiger partial charge >= 0.3 is 0 Å². The minimum Gasteiger partial charge on any atom is -0.504 e. The van der Waals surface area contributed by atoms with Gasteiger partial charge in [0.05, 0.1) is 7.11 Å². The lowest BCUT2D eigenvalue weighted by Gasteiger charge is -2.30. The summed E-state index contributed by atoms with van der Waals surface area (Å²) in [6.45, 7) is 2.76. The van der Waals surface area contributed by atoms with Crippen LogP contribution in [0.15, 0.2) is 18.2 Å². The minimum atomic E-state index is 0.255. The van der Waals surface area contributed by atoms with Crippen molar-refractivity contribution in [3.8, 4) is 11.5 Å². The maximum absolute atomic E-state index is 10.00. The van der Waals surface area contributed by atoms with E-state index < -0.39 is 0 Å². The normalized spacial score (nSPS) is 18.2. The molecular weight excluding hydrogens is 216 g/mol. The number of likely N-dealkylation sites (tertiary alicyclic amines) is 1. The van der Waals surface area contributed by atoms with Gasteiger partial charge in [-0.25, -0.2) is 0 Å². The Hall–Kier alpha value is -1.26. The third-order valence-corrected chi connectivity index (χ3v) is 3.33. The molecule has 0 radical (unpaired) electrons. The highest BCUT2D eigenvalue weighted by Crippen LogP contribution is 2.30. The largest absolute Gasteiger partial charge is 0.504 e. The first-order valence-corrected chi connectivity index (χ1v) is 6.03. The summed E-state index contributed by atoms with van der Waals surface area (Å²) >= 11 is 0. The molecule has 94 valence electrons. The van der Waals surface area contributed by atoms with Gasteiger partial charge < -0.3 is 15.6 Å². The molecule has 1 fully saturated rings. The number of piperidine rings is 1. The highest BCUT2D eigenvalue weighted by Gasteiger charge is 2.17. The van der Waals surface area contributed by atoms with Gasteiger partial charge in [-0.2, -0.15) is 0 Å². The molecule has 0 aliphatic carbocycles. The first kappa shape index (κ1) is 12.2. The quantitative estimate of drug-likeness (QED) is 0.831. The number of ether oxygens (including phenoxy) is 1. The number of benzene rings is 1. The van der Waals surface area contributed by atoms with Crippen LogP contribution in [0.1, 0.15) is 18.4 Å². The van der Waals surface area contributed by atoms with Crippen LogP contribution in [0.2, 0.25) is 0 Å². The van der Waals surface area contributed by atoms with E-state index in [4.69, 9.17) is 10.5 Å². The Kier molecular flexibility index (Phi) is 3.86. The van der Waals surface area contributed by atoms with Crippen molar-refractivity contribution in [2.75, 3.05) is 20.2 Å². The van der Waals surface area contributed by atoms with Gasteiger partial charge in [-0.15, -0.1) is 0 Å². The molecule has 0 saturated carbocycles. The highest BCUT2D eigenvalue weighted by atomic mass is 16.5. The molecule has 1 aromatic rings. The predicted octanol–water partition coefficient (Wildman–Crippen LogP) is 1.32. The Balaban J connectivity index is 2.03. The van der Waals surface area contributed by atoms with E-state index in [0.29, 0.717) is 11.8 Å². The van der Waals surface area contributed by atoms with Crippen molar-refractivity contribution < 1.29 is 9.84 Å². The maximum atomic E-state index is 10.00. The number of hydrogen-bond donors (Lipinski definition) is 2. The van der Waals surface area contributed by atoms with Crippen LogP contribution < -0.4 is 10.5 Å². The Labute approximate surface area is 102 Å². The molecule has 17 heavy (non-hydrogen) atoms. The SMILES string of the molecule is COc1cccc(CN2CCC(N)CC2)c1O. The third-order valence-electron chi connectivity index (χ3n) is 3.33. The number of phenolic OH excluding ortho intramolecular Hbond substituents is 1. The lowest BCUT2D eigenvalue weighted by Crippen LogP contribution is -2.39. The molecular formula is C13H20N2O2. The standard InChI is InChI=1S/C13H20N2O2/c1-17-12-4-2-3-10(13(12)16)9-15-7-5-11(14)6-8-15/h2-4,11,16H,5-9,14H2,1H3. The molecule has 0 spiro atoms. The first-order chi connectivity index (χ1) is 8.20. The topological polar surface area (TPSA) is 58.7 Å². The molecule has 3 N–H and O–H groups in total. The smallest absolute Gasteiger partial charge is 0.162 e. The number of nitrogens with zero attached hydrogens (tertiary/aromatic N) is 1.